The van der Waals surface area contributed by atoms with Gasteiger partial charge in [-0.3, -0.25) is 0 Å². The van der Waals surface area contributed by atoms with Gasteiger partial charge in [0.1, 0.15) is 0 Å². The molecule has 1 aliphatic rings. The van der Waals surface area contributed by atoms with Crippen molar-refractivity contribution in [2.75, 3.05) is 25.1 Å². The Morgan fingerprint density at radius 1 is 1.33 bits per heavy atom. The van der Waals surface area contributed by atoms with Crippen molar-refractivity contribution in [1.29, 1.82) is 0 Å². The minimum absolute atomic E-state index is 0.859. The molecular formula is C9H15N3S3. The lowest BCUT2D eigenvalue weighted by molar-refractivity contribution is 0.408. The molecule has 1 aromatic heterocycles. The Hall–Kier alpha value is 0.220. The number of hydrogen-bond donors (Lipinski definition) is 1. The van der Waals surface area contributed by atoms with E-state index in [9.17, 15) is 0 Å². The molecule has 0 aromatic carbocycles. The van der Waals surface area contributed by atoms with Crippen molar-refractivity contribution in [3.05, 3.63) is 0 Å². The molecular weight excluding hydrogens is 246 g/mol. The van der Waals surface area contributed by atoms with E-state index in [-0.39, 0.29) is 0 Å². The number of rotatable bonds is 4. The van der Waals surface area contributed by atoms with Gasteiger partial charge in [-0.1, -0.05) is 34.9 Å². The first-order valence-corrected chi connectivity index (χ1v) is 8.12. The summed E-state index contributed by atoms with van der Waals surface area (Å²) in [7, 11) is 0. The summed E-state index contributed by atoms with van der Waals surface area (Å²) >= 11 is 5.25. The average Bonchev–Trinajstić information content (AvgIpc) is 2.76. The summed E-state index contributed by atoms with van der Waals surface area (Å²) in [5.41, 5.74) is 0. The topological polar surface area (TPSA) is 37.8 Å². The molecule has 2 heterocycles. The summed E-state index contributed by atoms with van der Waals surface area (Å²) in [6, 6.07) is 0. The van der Waals surface area contributed by atoms with Crippen LogP contribution in [0.2, 0.25) is 0 Å². The molecule has 0 atom stereocenters. The smallest absolute Gasteiger partial charge is 0.175 e. The van der Waals surface area contributed by atoms with E-state index in [2.05, 4.69) is 15.5 Å². The molecule has 1 fully saturated rings. The highest BCUT2D eigenvalue weighted by Gasteiger charge is 2.14. The highest BCUT2D eigenvalue weighted by Crippen LogP contribution is 2.30. The SMILES string of the molecule is CSc1nnc(SCC2CCNCC2)s1. The Morgan fingerprint density at radius 3 is 2.73 bits per heavy atom. The van der Waals surface area contributed by atoms with Gasteiger partial charge in [0.05, 0.1) is 0 Å². The third kappa shape index (κ3) is 3.62. The monoisotopic (exact) mass is 261 g/mol. The molecule has 3 nitrogen and oxygen atoms in total. The summed E-state index contributed by atoms with van der Waals surface area (Å²) in [4.78, 5) is 0. The van der Waals surface area contributed by atoms with Gasteiger partial charge in [0.15, 0.2) is 8.68 Å². The van der Waals surface area contributed by atoms with Crippen molar-refractivity contribution < 1.29 is 0 Å². The second kappa shape index (κ2) is 6.08. The van der Waals surface area contributed by atoms with Crippen LogP contribution in [0.5, 0.6) is 0 Å². The summed E-state index contributed by atoms with van der Waals surface area (Å²) in [5, 5.41) is 11.7. The lowest BCUT2D eigenvalue weighted by atomic mass is 10.0. The molecule has 0 unspecified atom stereocenters. The number of piperidine rings is 1. The number of thioether (sulfide) groups is 2. The lowest BCUT2D eigenvalue weighted by Crippen LogP contribution is -2.28. The van der Waals surface area contributed by atoms with Gasteiger partial charge < -0.3 is 5.32 Å². The molecule has 0 amide bonds. The quantitative estimate of drug-likeness (QED) is 0.842. The van der Waals surface area contributed by atoms with E-state index >= 15 is 0 Å². The summed E-state index contributed by atoms with van der Waals surface area (Å²) < 4.78 is 2.20. The first kappa shape index (κ1) is 11.7. The maximum atomic E-state index is 4.17. The highest BCUT2D eigenvalue weighted by atomic mass is 32.2. The molecule has 84 valence electrons. The maximum Gasteiger partial charge on any atom is 0.175 e. The van der Waals surface area contributed by atoms with Gasteiger partial charge in [0.2, 0.25) is 0 Å². The Labute approximate surface area is 103 Å². The van der Waals surface area contributed by atoms with Gasteiger partial charge in [-0.25, -0.2) is 0 Å². The molecule has 1 N–H and O–H groups in total. The first-order chi connectivity index (χ1) is 7.38. The number of nitrogens with one attached hydrogen (secondary N) is 1. The van der Waals surface area contributed by atoms with E-state index in [0.29, 0.717) is 0 Å². The Kier molecular flexibility index (Phi) is 4.74. The molecule has 0 bridgehead atoms. The largest absolute Gasteiger partial charge is 0.317 e. The summed E-state index contributed by atoms with van der Waals surface area (Å²) in [5.74, 6) is 2.06. The van der Waals surface area contributed by atoms with Gasteiger partial charge in [-0.2, -0.15) is 0 Å². The molecule has 0 spiro atoms. The van der Waals surface area contributed by atoms with Crippen LogP contribution in [0, 0.1) is 5.92 Å². The van der Waals surface area contributed by atoms with Crippen molar-refractivity contribution in [2.45, 2.75) is 21.5 Å². The van der Waals surface area contributed by atoms with Gasteiger partial charge in [0.25, 0.3) is 0 Å². The van der Waals surface area contributed by atoms with Crippen LogP contribution in [-0.2, 0) is 0 Å². The van der Waals surface area contributed by atoms with Crippen molar-refractivity contribution in [1.82, 2.24) is 15.5 Å². The van der Waals surface area contributed by atoms with Crippen LogP contribution in [0.3, 0.4) is 0 Å². The van der Waals surface area contributed by atoms with E-state index < -0.39 is 0 Å². The Balaban J connectivity index is 1.76. The molecule has 0 radical (unpaired) electrons. The fraction of sp³-hybridized carbons (Fsp3) is 0.778. The number of nitrogens with zero attached hydrogens (tertiary/aromatic N) is 2. The molecule has 1 aliphatic heterocycles. The van der Waals surface area contributed by atoms with Crippen LogP contribution in [0.15, 0.2) is 8.68 Å². The van der Waals surface area contributed by atoms with E-state index in [4.69, 9.17) is 0 Å². The number of hydrogen-bond acceptors (Lipinski definition) is 6. The zero-order valence-corrected chi connectivity index (χ0v) is 11.2. The van der Waals surface area contributed by atoms with Crippen LogP contribution < -0.4 is 5.32 Å². The molecule has 6 heteroatoms. The predicted octanol–water partition coefficient (Wildman–Crippen LogP) is 2.35. The zero-order valence-electron chi connectivity index (χ0n) is 8.73. The highest BCUT2D eigenvalue weighted by molar-refractivity contribution is 8.02. The van der Waals surface area contributed by atoms with Crippen molar-refractivity contribution >= 4 is 34.9 Å². The first-order valence-electron chi connectivity index (χ1n) is 5.09. The van der Waals surface area contributed by atoms with Crippen LogP contribution in [-0.4, -0.2) is 35.3 Å². The van der Waals surface area contributed by atoms with Gasteiger partial charge in [-0.15, -0.1) is 10.2 Å². The zero-order chi connectivity index (χ0) is 10.5. The second-order valence-electron chi connectivity index (χ2n) is 3.54. The van der Waals surface area contributed by atoms with Gasteiger partial charge in [-0.05, 0) is 38.1 Å². The average molecular weight is 261 g/mol. The molecule has 2 rings (SSSR count). The van der Waals surface area contributed by atoms with Gasteiger partial charge >= 0.3 is 0 Å². The minimum Gasteiger partial charge on any atom is -0.317 e. The number of aromatic nitrogens is 2. The Morgan fingerprint density at radius 2 is 2.07 bits per heavy atom. The summed E-state index contributed by atoms with van der Waals surface area (Å²) in [6.45, 7) is 2.36. The molecule has 15 heavy (non-hydrogen) atoms. The molecule has 1 aromatic rings. The fourth-order valence-electron chi connectivity index (χ4n) is 1.58. The van der Waals surface area contributed by atoms with Crippen molar-refractivity contribution in [3.63, 3.8) is 0 Å². The van der Waals surface area contributed by atoms with E-state index in [1.54, 1.807) is 23.1 Å². The lowest BCUT2D eigenvalue weighted by Gasteiger charge is -2.21. The van der Waals surface area contributed by atoms with Crippen molar-refractivity contribution in [2.24, 2.45) is 5.92 Å². The fourth-order valence-corrected chi connectivity index (χ4v) is 4.23. The van der Waals surface area contributed by atoms with E-state index in [1.165, 1.54) is 31.7 Å². The van der Waals surface area contributed by atoms with Crippen LogP contribution in [0.4, 0.5) is 0 Å². The summed E-state index contributed by atoms with van der Waals surface area (Å²) in [6.07, 6.45) is 4.66. The third-order valence-electron chi connectivity index (χ3n) is 2.46. The molecule has 1 saturated heterocycles. The van der Waals surface area contributed by atoms with Gasteiger partial charge in [0, 0.05) is 5.75 Å². The standard InChI is InChI=1S/C9H15N3S3/c1-13-8-11-12-9(15-8)14-6-7-2-4-10-5-3-7/h7,10H,2-6H2,1H3. The van der Waals surface area contributed by atoms with Crippen LogP contribution in [0.1, 0.15) is 12.8 Å². The van der Waals surface area contributed by atoms with Crippen LogP contribution >= 0.6 is 34.9 Å². The van der Waals surface area contributed by atoms with Crippen molar-refractivity contribution in [3.8, 4) is 0 Å². The maximum absolute atomic E-state index is 4.17. The second-order valence-corrected chi connectivity index (χ2v) is 6.84. The minimum atomic E-state index is 0.859. The normalized spacial score (nSPS) is 18.2. The van der Waals surface area contributed by atoms with E-state index in [1.807, 2.05) is 18.0 Å². The third-order valence-corrected chi connectivity index (χ3v) is 5.73. The molecule has 0 saturated carbocycles. The van der Waals surface area contributed by atoms with E-state index in [0.717, 1.165) is 14.6 Å². The molecule has 0 aliphatic carbocycles. The Bertz CT molecular complexity index is 297. The predicted molar refractivity (Wildman–Crippen MR) is 68.0 cm³/mol. The van der Waals surface area contributed by atoms with Crippen LogP contribution in [0.25, 0.3) is 0 Å².